The SMILES string of the molecule is COc1cc(C(=O)NC(c2ccc(Cl)cc2)C2CC2)ccc1OCC(N)=O. The van der Waals surface area contributed by atoms with E-state index in [9.17, 15) is 9.59 Å². The number of hydrogen-bond acceptors (Lipinski definition) is 4. The number of ether oxygens (including phenoxy) is 2. The van der Waals surface area contributed by atoms with Gasteiger partial charge in [0.1, 0.15) is 0 Å². The van der Waals surface area contributed by atoms with Gasteiger partial charge in [-0.25, -0.2) is 0 Å². The van der Waals surface area contributed by atoms with Crippen molar-refractivity contribution in [2.45, 2.75) is 18.9 Å². The van der Waals surface area contributed by atoms with Gasteiger partial charge in [-0.2, -0.15) is 0 Å². The molecule has 0 spiro atoms. The van der Waals surface area contributed by atoms with Crippen molar-refractivity contribution in [3.05, 3.63) is 58.6 Å². The van der Waals surface area contributed by atoms with Crippen molar-refractivity contribution in [3.8, 4) is 11.5 Å². The number of primary amides is 1. The van der Waals surface area contributed by atoms with Gasteiger partial charge in [-0.1, -0.05) is 23.7 Å². The van der Waals surface area contributed by atoms with Crippen LogP contribution in [0, 0.1) is 5.92 Å². The van der Waals surface area contributed by atoms with Gasteiger partial charge in [-0.3, -0.25) is 9.59 Å². The minimum atomic E-state index is -0.589. The Hall–Kier alpha value is -2.73. The second-order valence-electron chi connectivity index (χ2n) is 6.46. The van der Waals surface area contributed by atoms with E-state index in [1.165, 1.54) is 7.11 Å². The molecule has 6 nitrogen and oxygen atoms in total. The fraction of sp³-hybridized carbons (Fsp3) is 0.300. The first-order valence-electron chi connectivity index (χ1n) is 8.63. The molecule has 1 fully saturated rings. The largest absolute Gasteiger partial charge is 0.493 e. The lowest BCUT2D eigenvalue weighted by Crippen LogP contribution is -2.30. The van der Waals surface area contributed by atoms with E-state index in [1.807, 2.05) is 24.3 Å². The molecule has 1 atom stereocenters. The van der Waals surface area contributed by atoms with E-state index in [-0.39, 0.29) is 18.6 Å². The summed E-state index contributed by atoms with van der Waals surface area (Å²) in [7, 11) is 1.47. The standard InChI is InChI=1S/C20H21ClN2O4/c1-26-17-10-14(6-9-16(17)27-11-18(22)24)20(25)23-19(12-2-3-12)13-4-7-15(21)8-5-13/h4-10,12,19H,2-3,11H2,1H3,(H2,22,24)(H,23,25). The summed E-state index contributed by atoms with van der Waals surface area (Å²) in [5.41, 5.74) is 6.56. The quantitative estimate of drug-likeness (QED) is 0.727. The third kappa shape index (κ3) is 4.92. The van der Waals surface area contributed by atoms with Crippen LogP contribution in [0.5, 0.6) is 11.5 Å². The number of carbonyl (C=O) groups is 2. The van der Waals surface area contributed by atoms with E-state index < -0.39 is 5.91 Å². The molecule has 3 rings (SSSR count). The average Bonchev–Trinajstić information content (AvgIpc) is 3.50. The fourth-order valence-corrected chi connectivity index (χ4v) is 3.00. The Balaban J connectivity index is 1.76. The van der Waals surface area contributed by atoms with Crippen LogP contribution in [-0.2, 0) is 4.79 Å². The highest BCUT2D eigenvalue weighted by atomic mass is 35.5. The number of rotatable bonds is 8. The molecule has 0 aromatic heterocycles. The Kier molecular flexibility index (Phi) is 5.86. The van der Waals surface area contributed by atoms with Crippen LogP contribution < -0.4 is 20.5 Å². The van der Waals surface area contributed by atoms with E-state index in [0.717, 1.165) is 18.4 Å². The predicted octanol–water partition coefficient (Wildman–Crippen LogP) is 3.09. The first kappa shape index (κ1) is 19.0. The topological polar surface area (TPSA) is 90.7 Å². The molecule has 3 N–H and O–H groups in total. The Morgan fingerprint density at radius 1 is 1.19 bits per heavy atom. The number of halogens is 1. The third-order valence-corrected chi connectivity index (χ3v) is 4.66. The van der Waals surface area contributed by atoms with Crippen LogP contribution in [-0.4, -0.2) is 25.5 Å². The van der Waals surface area contributed by atoms with Gasteiger partial charge in [-0.05, 0) is 54.7 Å². The molecule has 142 valence electrons. The average molecular weight is 389 g/mol. The van der Waals surface area contributed by atoms with Crippen molar-refractivity contribution >= 4 is 23.4 Å². The summed E-state index contributed by atoms with van der Waals surface area (Å²) in [6.07, 6.45) is 2.16. The van der Waals surface area contributed by atoms with E-state index in [2.05, 4.69) is 5.32 Å². The van der Waals surface area contributed by atoms with Gasteiger partial charge in [0.15, 0.2) is 18.1 Å². The molecule has 1 unspecified atom stereocenters. The van der Waals surface area contributed by atoms with Crippen molar-refractivity contribution in [1.82, 2.24) is 5.32 Å². The number of hydrogen-bond donors (Lipinski definition) is 2. The molecule has 1 aliphatic carbocycles. The summed E-state index contributed by atoms with van der Waals surface area (Å²) >= 11 is 5.96. The van der Waals surface area contributed by atoms with Crippen molar-refractivity contribution in [1.29, 1.82) is 0 Å². The van der Waals surface area contributed by atoms with Gasteiger partial charge in [0.2, 0.25) is 0 Å². The number of nitrogens with one attached hydrogen (secondary N) is 1. The normalized spacial score (nSPS) is 14.3. The lowest BCUT2D eigenvalue weighted by Gasteiger charge is -2.19. The van der Waals surface area contributed by atoms with Crippen molar-refractivity contribution in [3.63, 3.8) is 0 Å². The smallest absolute Gasteiger partial charge is 0.255 e. The fourth-order valence-electron chi connectivity index (χ4n) is 2.87. The van der Waals surface area contributed by atoms with E-state index >= 15 is 0 Å². The van der Waals surface area contributed by atoms with Crippen molar-refractivity contribution in [2.75, 3.05) is 13.7 Å². The number of benzene rings is 2. The summed E-state index contributed by atoms with van der Waals surface area (Å²) in [5, 5.41) is 3.76. The number of nitrogens with two attached hydrogens (primary N) is 1. The number of methoxy groups -OCH3 is 1. The number of amides is 2. The highest BCUT2D eigenvalue weighted by Crippen LogP contribution is 2.41. The van der Waals surface area contributed by atoms with Crippen LogP contribution in [0.1, 0.15) is 34.8 Å². The maximum atomic E-state index is 12.8. The predicted molar refractivity (Wildman–Crippen MR) is 102 cm³/mol. The Morgan fingerprint density at radius 3 is 2.48 bits per heavy atom. The van der Waals surface area contributed by atoms with E-state index in [1.54, 1.807) is 18.2 Å². The van der Waals surface area contributed by atoms with Gasteiger partial charge in [0, 0.05) is 10.6 Å². The summed E-state index contributed by atoms with van der Waals surface area (Å²) in [6.45, 7) is -0.262. The van der Waals surface area contributed by atoms with Gasteiger partial charge in [-0.15, -0.1) is 0 Å². The van der Waals surface area contributed by atoms with Crippen LogP contribution >= 0.6 is 11.6 Å². The first-order valence-corrected chi connectivity index (χ1v) is 9.01. The molecular weight excluding hydrogens is 368 g/mol. The molecule has 0 aliphatic heterocycles. The second-order valence-corrected chi connectivity index (χ2v) is 6.90. The van der Waals surface area contributed by atoms with Gasteiger partial charge in [0.05, 0.1) is 13.2 Å². The van der Waals surface area contributed by atoms with Crippen LogP contribution in [0.3, 0.4) is 0 Å². The van der Waals surface area contributed by atoms with Crippen LogP contribution in [0.15, 0.2) is 42.5 Å². The zero-order valence-corrected chi connectivity index (χ0v) is 15.7. The molecule has 1 aliphatic rings. The molecule has 0 heterocycles. The lowest BCUT2D eigenvalue weighted by molar-refractivity contribution is -0.119. The van der Waals surface area contributed by atoms with Crippen molar-refractivity contribution in [2.24, 2.45) is 11.7 Å². The van der Waals surface area contributed by atoms with E-state index in [0.29, 0.717) is 28.0 Å². The summed E-state index contributed by atoms with van der Waals surface area (Å²) in [5.74, 6) is 0.341. The first-order chi connectivity index (χ1) is 13.0. The summed E-state index contributed by atoms with van der Waals surface area (Å²) in [6, 6.07) is 12.3. The summed E-state index contributed by atoms with van der Waals surface area (Å²) in [4.78, 5) is 23.6. The highest BCUT2D eigenvalue weighted by molar-refractivity contribution is 6.30. The Bertz CT molecular complexity index is 834. The van der Waals surface area contributed by atoms with Gasteiger partial charge in [0.25, 0.3) is 11.8 Å². The molecule has 1 saturated carbocycles. The molecule has 2 aromatic rings. The van der Waals surface area contributed by atoms with Gasteiger partial charge < -0.3 is 20.5 Å². The zero-order valence-electron chi connectivity index (χ0n) is 14.9. The zero-order chi connectivity index (χ0) is 19.4. The molecule has 2 amide bonds. The van der Waals surface area contributed by atoms with Gasteiger partial charge >= 0.3 is 0 Å². The second kappa shape index (κ2) is 8.31. The Labute approximate surface area is 162 Å². The molecule has 0 bridgehead atoms. The molecule has 0 saturated heterocycles. The van der Waals surface area contributed by atoms with Crippen molar-refractivity contribution < 1.29 is 19.1 Å². The minimum Gasteiger partial charge on any atom is -0.493 e. The van der Waals surface area contributed by atoms with E-state index in [4.69, 9.17) is 26.8 Å². The van der Waals surface area contributed by atoms with Crippen LogP contribution in [0.2, 0.25) is 5.02 Å². The minimum absolute atomic E-state index is 0.0634. The molecule has 0 radical (unpaired) electrons. The monoisotopic (exact) mass is 388 g/mol. The lowest BCUT2D eigenvalue weighted by atomic mass is 10.0. The van der Waals surface area contributed by atoms with Crippen LogP contribution in [0.4, 0.5) is 0 Å². The molecule has 2 aromatic carbocycles. The molecule has 27 heavy (non-hydrogen) atoms. The number of carbonyl (C=O) groups excluding carboxylic acids is 2. The molecule has 7 heteroatoms. The molecular formula is C20H21ClN2O4. The maximum Gasteiger partial charge on any atom is 0.255 e. The summed E-state index contributed by atoms with van der Waals surface area (Å²) < 4.78 is 10.5. The highest BCUT2D eigenvalue weighted by Gasteiger charge is 2.33. The maximum absolute atomic E-state index is 12.8. The third-order valence-electron chi connectivity index (χ3n) is 4.40. The van der Waals surface area contributed by atoms with Crippen LogP contribution in [0.25, 0.3) is 0 Å². The Morgan fingerprint density at radius 2 is 1.89 bits per heavy atom.